The predicted molar refractivity (Wildman–Crippen MR) is 111 cm³/mol. The number of benzene rings is 2. The van der Waals surface area contributed by atoms with Crippen LogP contribution >= 0.6 is 0 Å². The van der Waals surface area contributed by atoms with Gasteiger partial charge in [0.25, 0.3) is 0 Å². The molecule has 0 aliphatic heterocycles. The summed E-state index contributed by atoms with van der Waals surface area (Å²) in [5, 5.41) is 9.59. The van der Waals surface area contributed by atoms with E-state index in [1.54, 1.807) is 19.1 Å². The summed E-state index contributed by atoms with van der Waals surface area (Å²) in [4.78, 5) is 12.0. The van der Waals surface area contributed by atoms with Gasteiger partial charge in [-0.1, -0.05) is 66.7 Å². The summed E-state index contributed by atoms with van der Waals surface area (Å²) >= 11 is 0. The molecule has 2 aromatic rings. The number of hydrogen-bond acceptors (Lipinski definition) is 3. The van der Waals surface area contributed by atoms with Gasteiger partial charge in [0, 0.05) is 18.4 Å². The standard InChI is InChI=1S/C24H32O3/c1-8-21(26)27-20-14-13-19(23(2,3)4)22(24(5,6)7)18(20)15-16-9-11-17(25)12-10-16/h9-14,25H,8,15H2,1-7H3. The molecule has 0 spiro atoms. The van der Waals surface area contributed by atoms with E-state index in [1.807, 2.05) is 18.2 Å². The molecule has 0 fully saturated rings. The number of hydrogen-bond donors (Lipinski definition) is 1. The normalized spacial score (nSPS) is 12.1. The predicted octanol–water partition coefficient (Wildman–Crippen LogP) is 5.89. The lowest BCUT2D eigenvalue weighted by atomic mass is 9.72. The third-order valence-corrected chi connectivity index (χ3v) is 4.66. The Labute approximate surface area is 163 Å². The molecular weight excluding hydrogens is 336 g/mol. The number of carbonyl (C=O) groups excluding carboxylic acids is 1. The molecule has 0 unspecified atom stereocenters. The number of phenolic OH excluding ortho intramolecular Hbond substituents is 1. The first-order valence-electron chi connectivity index (χ1n) is 9.59. The number of phenols is 1. The molecule has 0 bridgehead atoms. The fourth-order valence-electron chi connectivity index (χ4n) is 3.39. The van der Waals surface area contributed by atoms with Gasteiger partial charge >= 0.3 is 5.97 Å². The lowest BCUT2D eigenvalue weighted by Gasteiger charge is -2.33. The van der Waals surface area contributed by atoms with Crippen LogP contribution in [0.3, 0.4) is 0 Å². The lowest BCUT2D eigenvalue weighted by Crippen LogP contribution is -2.25. The summed E-state index contributed by atoms with van der Waals surface area (Å²) in [6.45, 7) is 15.0. The van der Waals surface area contributed by atoms with Crippen molar-refractivity contribution in [2.24, 2.45) is 0 Å². The van der Waals surface area contributed by atoms with Crippen molar-refractivity contribution >= 4 is 5.97 Å². The molecule has 0 aliphatic carbocycles. The van der Waals surface area contributed by atoms with Crippen LogP contribution in [-0.2, 0) is 22.0 Å². The Kier molecular flexibility index (Phi) is 6.04. The Morgan fingerprint density at radius 1 is 0.926 bits per heavy atom. The summed E-state index contributed by atoms with van der Waals surface area (Å²) < 4.78 is 5.71. The van der Waals surface area contributed by atoms with Gasteiger partial charge in [-0.3, -0.25) is 4.79 Å². The largest absolute Gasteiger partial charge is 0.508 e. The molecule has 3 nitrogen and oxygen atoms in total. The van der Waals surface area contributed by atoms with Crippen LogP contribution in [0, 0.1) is 0 Å². The second kappa shape index (κ2) is 7.75. The Hall–Kier alpha value is -2.29. The highest BCUT2D eigenvalue weighted by molar-refractivity contribution is 5.73. The Morgan fingerprint density at radius 2 is 1.52 bits per heavy atom. The molecule has 1 N–H and O–H groups in total. The van der Waals surface area contributed by atoms with Gasteiger partial charge in [-0.2, -0.15) is 0 Å². The van der Waals surface area contributed by atoms with Crippen LogP contribution in [0.1, 0.15) is 77.1 Å². The summed E-state index contributed by atoms with van der Waals surface area (Å²) in [6.07, 6.45) is 0.980. The molecule has 3 heteroatoms. The summed E-state index contributed by atoms with van der Waals surface area (Å²) in [6, 6.07) is 11.2. The van der Waals surface area contributed by atoms with E-state index in [2.05, 4.69) is 47.6 Å². The van der Waals surface area contributed by atoms with Gasteiger partial charge < -0.3 is 9.84 Å². The van der Waals surface area contributed by atoms with Crippen molar-refractivity contribution in [1.29, 1.82) is 0 Å². The monoisotopic (exact) mass is 368 g/mol. The average Bonchev–Trinajstić information content (AvgIpc) is 2.55. The maximum absolute atomic E-state index is 12.0. The lowest BCUT2D eigenvalue weighted by molar-refractivity contribution is -0.134. The fourth-order valence-corrected chi connectivity index (χ4v) is 3.39. The van der Waals surface area contributed by atoms with Crippen LogP contribution in [0.5, 0.6) is 11.5 Å². The molecule has 0 amide bonds. The van der Waals surface area contributed by atoms with E-state index < -0.39 is 0 Å². The second-order valence-electron chi connectivity index (χ2n) is 9.14. The summed E-state index contributed by atoms with van der Waals surface area (Å²) in [7, 11) is 0. The smallest absolute Gasteiger partial charge is 0.310 e. The van der Waals surface area contributed by atoms with Crippen molar-refractivity contribution in [1.82, 2.24) is 0 Å². The quantitative estimate of drug-likeness (QED) is 0.540. The maximum atomic E-state index is 12.0. The van der Waals surface area contributed by atoms with E-state index in [4.69, 9.17) is 4.74 Å². The van der Waals surface area contributed by atoms with Crippen LogP contribution in [0.4, 0.5) is 0 Å². The van der Waals surface area contributed by atoms with E-state index in [0.29, 0.717) is 18.6 Å². The maximum Gasteiger partial charge on any atom is 0.310 e. The second-order valence-corrected chi connectivity index (χ2v) is 9.14. The highest BCUT2D eigenvalue weighted by atomic mass is 16.5. The minimum Gasteiger partial charge on any atom is -0.508 e. The molecule has 2 rings (SSSR count). The van der Waals surface area contributed by atoms with Crippen LogP contribution in [0.25, 0.3) is 0 Å². The molecule has 0 radical (unpaired) electrons. The Balaban J connectivity index is 2.71. The van der Waals surface area contributed by atoms with Crippen molar-refractivity contribution in [3.8, 4) is 11.5 Å². The number of ether oxygens (including phenoxy) is 1. The zero-order valence-corrected chi connectivity index (χ0v) is 17.6. The van der Waals surface area contributed by atoms with Gasteiger partial charge in [-0.15, -0.1) is 0 Å². The van der Waals surface area contributed by atoms with E-state index in [-0.39, 0.29) is 22.5 Å². The molecule has 0 heterocycles. The van der Waals surface area contributed by atoms with E-state index in [9.17, 15) is 9.90 Å². The minimum absolute atomic E-state index is 0.0282. The number of carbonyl (C=O) groups is 1. The van der Waals surface area contributed by atoms with E-state index in [1.165, 1.54) is 11.1 Å². The molecule has 0 aliphatic rings. The van der Waals surface area contributed by atoms with Crippen molar-refractivity contribution in [3.05, 3.63) is 58.7 Å². The summed E-state index contributed by atoms with van der Waals surface area (Å²) in [5.74, 6) is 0.647. The average molecular weight is 369 g/mol. The molecule has 2 aromatic carbocycles. The van der Waals surface area contributed by atoms with Crippen LogP contribution in [0.2, 0.25) is 0 Å². The first-order valence-corrected chi connectivity index (χ1v) is 9.59. The van der Waals surface area contributed by atoms with Crippen LogP contribution in [0.15, 0.2) is 36.4 Å². The van der Waals surface area contributed by atoms with Gasteiger partial charge in [0.15, 0.2) is 0 Å². The Morgan fingerprint density at radius 3 is 2.00 bits per heavy atom. The van der Waals surface area contributed by atoms with E-state index in [0.717, 1.165) is 11.1 Å². The van der Waals surface area contributed by atoms with Gasteiger partial charge in [0.2, 0.25) is 0 Å². The van der Waals surface area contributed by atoms with Crippen LogP contribution < -0.4 is 4.74 Å². The zero-order chi connectivity index (χ0) is 20.4. The first kappa shape index (κ1) is 21.0. The summed E-state index contributed by atoms with van der Waals surface area (Å²) in [5.41, 5.74) is 4.47. The molecule has 0 aromatic heterocycles. The van der Waals surface area contributed by atoms with Crippen molar-refractivity contribution in [2.75, 3.05) is 0 Å². The number of esters is 1. The fraction of sp³-hybridized carbons (Fsp3) is 0.458. The Bertz CT molecular complexity index is 803. The van der Waals surface area contributed by atoms with Crippen molar-refractivity contribution in [3.63, 3.8) is 0 Å². The number of rotatable bonds is 4. The number of aromatic hydroxyl groups is 1. The van der Waals surface area contributed by atoms with Gasteiger partial charge in [-0.25, -0.2) is 0 Å². The highest BCUT2D eigenvalue weighted by Gasteiger charge is 2.30. The molecule has 0 saturated heterocycles. The SMILES string of the molecule is CCC(=O)Oc1ccc(C(C)(C)C)c(C(C)(C)C)c1Cc1ccc(O)cc1. The van der Waals surface area contributed by atoms with Gasteiger partial charge in [-0.05, 0) is 45.7 Å². The minimum atomic E-state index is -0.231. The molecule has 0 atom stereocenters. The van der Waals surface area contributed by atoms with Crippen LogP contribution in [-0.4, -0.2) is 11.1 Å². The van der Waals surface area contributed by atoms with Gasteiger partial charge in [0.1, 0.15) is 11.5 Å². The molecule has 0 saturated carbocycles. The third-order valence-electron chi connectivity index (χ3n) is 4.66. The molecule has 27 heavy (non-hydrogen) atoms. The zero-order valence-electron chi connectivity index (χ0n) is 17.6. The molecular formula is C24H32O3. The topological polar surface area (TPSA) is 46.5 Å². The molecule has 146 valence electrons. The third kappa shape index (κ3) is 5.12. The van der Waals surface area contributed by atoms with Crippen molar-refractivity contribution < 1.29 is 14.6 Å². The van der Waals surface area contributed by atoms with Gasteiger partial charge in [0.05, 0.1) is 0 Å². The highest BCUT2D eigenvalue weighted by Crippen LogP contribution is 2.41. The van der Waals surface area contributed by atoms with E-state index >= 15 is 0 Å². The van der Waals surface area contributed by atoms with Crippen molar-refractivity contribution in [2.45, 2.75) is 72.1 Å². The first-order chi connectivity index (χ1) is 12.4.